The van der Waals surface area contributed by atoms with Gasteiger partial charge in [-0.3, -0.25) is 0 Å². The molecule has 9 rings (SSSR count). The lowest BCUT2D eigenvalue weighted by Crippen LogP contribution is -2.09. The Balaban J connectivity index is 1.27. The molecule has 0 spiro atoms. The van der Waals surface area contributed by atoms with Crippen molar-refractivity contribution >= 4 is 92.1 Å². The first-order valence-corrected chi connectivity index (χ1v) is 15.5. The molecule has 6 aromatic carbocycles. The van der Waals surface area contributed by atoms with Crippen molar-refractivity contribution in [3.8, 4) is 10.6 Å². The zero-order valence-electron chi connectivity index (χ0n) is 22.3. The Morgan fingerprint density at radius 2 is 1.17 bits per heavy atom. The van der Waals surface area contributed by atoms with E-state index in [0.29, 0.717) is 0 Å². The van der Waals surface area contributed by atoms with Gasteiger partial charge in [0.25, 0.3) is 0 Å². The third-order valence-electron chi connectivity index (χ3n) is 7.89. The number of anilines is 3. The number of nitrogens with zero attached hydrogens (tertiary/aromatic N) is 2. The molecule has 0 saturated carbocycles. The van der Waals surface area contributed by atoms with Gasteiger partial charge in [-0.15, -0.1) is 22.7 Å². The van der Waals surface area contributed by atoms with Crippen LogP contribution in [0.1, 0.15) is 0 Å². The summed E-state index contributed by atoms with van der Waals surface area (Å²) in [5.41, 5.74) is 7.34. The number of rotatable bonds is 4. The fourth-order valence-corrected chi connectivity index (χ4v) is 8.03. The molecule has 198 valence electrons. The number of thiazole rings is 1. The SMILES string of the molecule is c1ccc(-c2nc3c(ccc4sc5ccc(N(c6ccccc6)c6ccc7oc8ccccc8c7c6)cc5c43)s2)cc1. The second-order valence-electron chi connectivity index (χ2n) is 10.4. The molecule has 9 aromatic rings. The minimum atomic E-state index is 0.896. The third kappa shape index (κ3) is 3.68. The van der Waals surface area contributed by atoms with Crippen LogP contribution in [0.5, 0.6) is 0 Å². The molecule has 3 aromatic heterocycles. The van der Waals surface area contributed by atoms with Crippen LogP contribution in [0.4, 0.5) is 17.1 Å². The van der Waals surface area contributed by atoms with E-state index in [1.807, 2.05) is 29.5 Å². The first-order chi connectivity index (χ1) is 20.8. The van der Waals surface area contributed by atoms with Crippen LogP contribution in [-0.2, 0) is 0 Å². The summed E-state index contributed by atoms with van der Waals surface area (Å²) < 4.78 is 9.88. The smallest absolute Gasteiger partial charge is 0.135 e. The third-order valence-corrected chi connectivity index (χ3v) is 10.1. The van der Waals surface area contributed by atoms with Gasteiger partial charge in [-0.25, -0.2) is 4.98 Å². The van der Waals surface area contributed by atoms with E-state index in [1.165, 1.54) is 24.9 Å². The molecular weight excluding hydrogens is 553 g/mol. The van der Waals surface area contributed by atoms with Gasteiger partial charge in [0.15, 0.2) is 0 Å². The minimum absolute atomic E-state index is 0.896. The van der Waals surface area contributed by atoms with Crippen molar-refractivity contribution in [1.29, 1.82) is 0 Å². The molecule has 0 radical (unpaired) electrons. The van der Waals surface area contributed by atoms with Crippen molar-refractivity contribution < 1.29 is 4.42 Å². The van der Waals surface area contributed by atoms with Crippen molar-refractivity contribution in [2.24, 2.45) is 0 Å². The lowest BCUT2D eigenvalue weighted by atomic mass is 10.1. The second-order valence-corrected chi connectivity index (χ2v) is 12.5. The molecule has 5 heteroatoms. The van der Waals surface area contributed by atoms with E-state index in [4.69, 9.17) is 9.40 Å². The molecule has 0 saturated heterocycles. The highest BCUT2D eigenvalue weighted by molar-refractivity contribution is 7.26. The van der Waals surface area contributed by atoms with Gasteiger partial charge >= 0.3 is 0 Å². The van der Waals surface area contributed by atoms with E-state index in [0.717, 1.165) is 55.1 Å². The van der Waals surface area contributed by atoms with Gasteiger partial charge in [0, 0.05) is 53.6 Å². The monoisotopic (exact) mass is 574 g/mol. The summed E-state index contributed by atoms with van der Waals surface area (Å²) in [6, 6.07) is 47.1. The largest absolute Gasteiger partial charge is 0.456 e. The molecule has 0 aliphatic heterocycles. The van der Waals surface area contributed by atoms with Crippen LogP contribution in [0, 0.1) is 0 Å². The van der Waals surface area contributed by atoms with Crippen LogP contribution in [0.25, 0.3) is 62.9 Å². The molecule has 0 aliphatic carbocycles. The lowest BCUT2D eigenvalue weighted by Gasteiger charge is -2.25. The number of aromatic nitrogens is 1. The quantitative estimate of drug-likeness (QED) is 0.209. The average molecular weight is 575 g/mol. The zero-order chi connectivity index (χ0) is 27.6. The number of fused-ring (bicyclic) bond motifs is 8. The maximum Gasteiger partial charge on any atom is 0.135 e. The highest BCUT2D eigenvalue weighted by atomic mass is 32.1. The fraction of sp³-hybridized carbons (Fsp3) is 0. The minimum Gasteiger partial charge on any atom is -0.456 e. The van der Waals surface area contributed by atoms with Gasteiger partial charge in [0.05, 0.1) is 10.2 Å². The summed E-state index contributed by atoms with van der Waals surface area (Å²) in [7, 11) is 0. The van der Waals surface area contributed by atoms with Gasteiger partial charge in [-0.1, -0.05) is 66.7 Å². The highest BCUT2D eigenvalue weighted by Gasteiger charge is 2.18. The van der Waals surface area contributed by atoms with E-state index in [-0.39, 0.29) is 0 Å². The van der Waals surface area contributed by atoms with Gasteiger partial charge in [-0.2, -0.15) is 0 Å². The molecular formula is C37H22N2OS2. The molecule has 0 amide bonds. The van der Waals surface area contributed by atoms with Crippen molar-refractivity contribution in [1.82, 2.24) is 4.98 Å². The Hall–Kier alpha value is -4.97. The molecule has 0 bridgehead atoms. The molecule has 3 heterocycles. The topological polar surface area (TPSA) is 29.3 Å². The van der Waals surface area contributed by atoms with Crippen LogP contribution >= 0.6 is 22.7 Å². The summed E-state index contributed by atoms with van der Waals surface area (Å²) in [5, 5.41) is 5.77. The number of hydrogen-bond acceptors (Lipinski definition) is 5. The molecule has 0 atom stereocenters. The average Bonchev–Trinajstić information content (AvgIpc) is 3.75. The summed E-state index contributed by atoms with van der Waals surface area (Å²) in [6.07, 6.45) is 0. The fourth-order valence-electron chi connectivity index (χ4n) is 5.96. The van der Waals surface area contributed by atoms with E-state index in [2.05, 4.69) is 120 Å². The Bertz CT molecular complexity index is 2420. The molecule has 3 nitrogen and oxygen atoms in total. The Kier molecular flexibility index (Phi) is 5.24. The van der Waals surface area contributed by atoms with E-state index in [1.54, 1.807) is 11.3 Å². The van der Waals surface area contributed by atoms with Crippen LogP contribution < -0.4 is 4.90 Å². The molecule has 0 N–H and O–H groups in total. The predicted molar refractivity (Wildman–Crippen MR) is 180 cm³/mol. The highest BCUT2D eigenvalue weighted by Crippen LogP contribution is 2.45. The second kappa shape index (κ2) is 9.28. The van der Waals surface area contributed by atoms with Crippen molar-refractivity contribution in [3.63, 3.8) is 0 Å². The Morgan fingerprint density at radius 3 is 2.02 bits per heavy atom. The van der Waals surface area contributed by atoms with Gasteiger partial charge < -0.3 is 9.32 Å². The van der Waals surface area contributed by atoms with Crippen molar-refractivity contribution in [2.75, 3.05) is 4.90 Å². The predicted octanol–water partition coefficient (Wildman–Crippen LogP) is 11.7. The number of benzene rings is 6. The summed E-state index contributed by atoms with van der Waals surface area (Å²) in [6.45, 7) is 0. The molecule has 0 fully saturated rings. The number of hydrogen-bond donors (Lipinski definition) is 0. The van der Waals surface area contributed by atoms with Crippen LogP contribution in [0.3, 0.4) is 0 Å². The number of thiophene rings is 1. The molecule has 0 aliphatic rings. The van der Waals surface area contributed by atoms with Crippen molar-refractivity contribution in [2.45, 2.75) is 0 Å². The molecule has 0 unspecified atom stereocenters. The Labute approximate surface area is 249 Å². The maximum atomic E-state index is 6.15. The van der Waals surface area contributed by atoms with E-state index >= 15 is 0 Å². The van der Waals surface area contributed by atoms with Gasteiger partial charge in [0.1, 0.15) is 16.2 Å². The number of furan rings is 1. The van der Waals surface area contributed by atoms with Crippen LogP contribution in [0.2, 0.25) is 0 Å². The standard InChI is InChI=1S/C37H22N2OS2/c1-3-9-23(10-4-1)37-38-36-34(42-37)20-19-33-35(36)29-22-26(16-18-32(29)41-33)39(24-11-5-2-6-12-24)25-15-17-31-28(21-25)27-13-7-8-14-30(27)40-31/h1-22H. The van der Waals surface area contributed by atoms with E-state index in [9.17, 15) is 0 Å². The van der Waals surface area contributed by atoms with E-state index < -0.39 is 0 Å². The van der Waals surface area contributed by atoms with Crippen LogP contribution in [0.15, 0.2) is 138 Å². The summed E-state index contributed by atoms with van der Waals surface area (Å²) >= 11 is 3.59. The lowest BCUT2D eigenvalue weighted by molar-refractivity contribution is 0.669. The number of para-hydroxylation sites is 2. The van der Waals surface area contributed by atoms with Gasteiger partial charge in [-0.05, 0) is 66.7 Å². The van der Waals surface area contributed by atoms with Crippen LogP contribution in [-0.4, -0.2) is 4.98 Å². The first-order valence-electron chi connectivity index (χ1n) is 13.9. The normalized spacial score (nSPS) is 11.8. The molecule has 42 heavy (non-hydrogen) atoms. The summed E-state index contributed by atoms with van der Waals surface area (Å²) in [5.74, 6) is 0. The van der Waals surface area contributed by atoms with Gasteiger partial charge in [0.2, 0.25) is 0 Å². The zero-order valence-corrected chi connectivity index (χ0v) is 24.0. The maximum absolute atomic E-state index is 6.15. The van der Waals surface area contributed by atoms with Crippen molar-refractivity contribution in [3.05, 3.63) is 133 Å². The summed E-state index contributed by atoms with van der Waals surface area (Å²) in [4.78, 5) is 7.52. The Morgan fingerprint density at radius 1 is 0.500 bits per heavy atom. The first kappa shape index (κ1) is 23.7.